The van der Waals surface area contributed by atoms with Crippen LogP contribution in [0.25, 0.3) is 11.3 Å². The first-order valence-corrected chi connectivity index (χ1v) is 12.4. The maximum atomic E-state index is 12.2. The van der Waals surface area contributed by atoms with Gasteiger partial charge in [-0.3, -0.25) is 14.2 Å². The average Bonchev–Trinajstić information content (AvgIpc) is 3.53. The van der Waals surface area contributed by atoms with Crippen LogP contribution in [0.1, 0.15) is 38.4 Å². The van der Waals surface area contributed by atoms with Gasteiger partial charge >= 0.3 is 0 Å². The number of amides is 1. The highest BCUT2D eigenvalue weighted by Crippen LogP contribution is 2.43. The van der Waals surface area contributed by atoms with Crippen LogP contribution in [0, 0.1) is 0 Å². The lowest BCUT2D eigenvalue weighted by molar-refractivity contribution is 0.0993. The van der Waals surface area contributed by atoms with Crippen molar-refractivity contribution in [1.82, 2.24) is 19.6 Å². The largest absolute Gasteiger partial charge is 0.394 e. The zero-order chi connectivity index (χ0) is 25.4. The molecular formula is C30H27N5O2. The van der Waals surface area contributed by atoms with Crippen LogP contribution in [-0.4, -0.2) is 37.2 Å². The number of aliphatic hydroxyl groups excluding tert-OH is 1. The Labute approximate surface area is 214 Å². The van der Waals surface area contributed by atoms with Gasteiger partial charge in [-0.15, -0.1) is 0 Å². The van der Waals surface area contributed by atoms with Gasteiger partial charge in [0.25, 0.3) is 5.91 Å². The highest BCUT2D eigenvalue weighted by Gasteiger charge is 2.41. The van der Waals surface area contributed by atoms with E-state index in [9.17, 15) is 9.90 Å². The van der Waals surface area contributed by atoms with Crippen LogP contribution in [0.15, 0.2) is 97.2 Å². The standard InChI is InChI=1S/C30H27N5O2/c31-29(37)27-24-16-17-26-25(28(24)34(33-27)18-19-36)20-35(32-26)30(21-10-4-1-5-11-21,22-12-6-2-7-13-22)23-14-8-3-9-15-23/h1-15,20,36H,16-19H2,(H2,31,37). The SMILES string of the molecule is NC(=O)c1nn(CCO)c2c1CCc1nn(C(c3ccccc3)(c3ccccc3)c3ccccc3)cc1-2. The molecule has 0 bridgehead atoms. The number of carbonyl (C=O) groups is 1. The van der Waals surface area contributed by atoms with Crippen molar-refractivity contribution in [2.75, 3.05) is 6.61 Å². The van der Waals surface area contributed by atoms with Gasteiger partial charge in [0.2, 0.25) is 0 Å². The van der Waals surface area contributed by atoms with Crippen molar-refractivity contribution in [3.8, 4) is 11.3 Å². The smallest absolute Gasteiger partial charge is 0.269 e. The normalized spacial score (nSPS) is 12.7. The van der Waals surface area contributed by atoms with Crippen molar-refractivity contribution in [3.63, 3.8) is 0 Å². The van der Waals surface area contributed by atoms with Gasteiger partial charge in [-0.1, -0.05) is 91.0 Å². The molecule has 0 fully saturated rings. The number of nitrogens with two attached hydrogens (primary N) is 1. The van der Waals surface area contributed by atoms with E-state index < -0.39 is 11.4 Å². The van der Waals surface area contributed by atoms with Gasteiger partial charge in [0, 0.05) is 17.3 Å². The minimum absolute atomic E-state index is 0.0994. The molecule has 37 heavy (non-hydrogen) atoms. The van der Waals surface area contributed by atoms with E-state index in [0.717, 1.165) is 39.2 Å². The van der Waals surface area contributed by atoms with Crippen LogP contribution < -0.4 is 5.73 Å². The van der Waals surface area contributed by atoms with E-state index in [2.05, 4.69) is 47.7 Å². The molecule has 3 N–H and O–H groups in total. The molecule has 0 saturated carbocycles. The first-order chi connectivity index (χ1) is 18.1. The van der Waals surface area contributed by atoms with E-state index in [0.29, 0.717) is 12.8 Å². The number of primary amides is 1. The van der Waals surface area contributed by atoms with Gasteiger partial charge in [-0.25, -0.2) is 0 Å². The van der Waals surface area contributed by atoms with Crippen LogP contribution in [0.4, 0.5) is 0 Å². The number of aliphatic hydroxyl groups is 1. The molecule has 0 atom stereocenters. The molecule has 0 aliphatic heterocycles. The molecule has 2 heterocycles. The molecule has 0 unspecified atom stereocenters. The van der Waals surface area contributed by atoms with E-state index >= 15 is 0 Å². The average molecular weight is 490 g/mol. The highest BCUT2D eigenvalue weighted by molar-refractivity contribution is 5.94. The van der Waals surface area contributed by atoms with Gasteiger partial charge in [0.05, 0.1) is 24.5 Å². The third-order valence-electron chi connectivity index (χ3n) is 7.17. The van der Waals surface area contributed by atoms with Crippen molar-refractivity contribution in [3.05, 3.63) is 131 Å². The Morgan fingerprint density at radius 2 is 1.38 bits per heavy atom. The summed E-state index contributed by atoms with van der Waals surface area (Å²) in [7, 11) is 0. The molecule has 0 radical (unpaired) electrons. The second kappa shape index (κ2) is 9.19. The van der Waals surface area contributed by atoms with E-state index in [-0.39, 0.29) is 18.8 Å². The first-order valence-electron chi connectivity index (χ1n) is 12.4. The van der Waals surface area contributed by atoms with Gasteiger partial charge in [0.1, 0.15) is 5.54 Å². The monoisotopic (exact) mass is 489 g/mol. The van der Waals surface area contributed by atoms with Crippen molar-refractivity contribution in [1.29, 1.82) is 0 Å². The highest BCUT2D eigenvalue weighted by atomic mass is 16.3. The molecule has 1 aliphatic carbocycles. The third kappa shape index (κ3) is 3.58. The van der Waals surface area contributed by atoms with Crippen molar-refractivity contribution in [2.24, 2.45) is 5.73 Å². The topological polar surface area (TPSA) is 99.0 Å². The fourth-order valence-electron chi connectivity index (χ4n) is 5.63. The number of benzene rings is 3. The van der Waals surface area contributed by atoms with Crippen molar-refractivity contribution in [2.45, 2.75) is 24.9 Å². The van der Waals surface area contributed by atoms with Crippen molar-refractivity contribution >= 4 is 5.91 Å². The zero-order valence-electron chi connectivity index (χ0n) is 20.3. The predicted molar refractivity (Wildman–Crippen MR) is 141 cm³/mol. The molecule has 1 amide bonds. The quantitative estimate of drug-likeness (QED) is 0.340. The molecule has 3 aromatic carbocycles. The second-order valence-corrected chi connectivity index (χ2v) is 9.23. The Hall–Kier alpha value is -4.49. The number of aryl methyl sites for hydroxylation is 1. The number of fused-ring (bicyclic) bond motifs is 3. The second-order valence-electron chi connectivity index (χ2n) is 9.23. The van der Waals surface area contributed by atoms with Gasteiger partial charge < -0.3 is 10.8 Å². The van der Waals surface area contributed by atoms with E-state index in [1.54, 1.807) is 4.68 Å². The Morgan fingerprint density at radius 3 is 1.86 bits per heavy atom. The lowest BCUT2D eigenvalue weighted by Gasteiger charge is -2.36. The van der Waals surface area contributed by atoms with Gasteiger partial charge in [0.15, 0.2) is 5.69 Å². The summed E-state index contributed by atoms with van der Waals surface area (Å²) < 4.78 is 3.74. The molecule has 7 nitrogen and oxygen atoms in total. The van der Waals surface area contributed by atoms with Crippen LogP contribution >= 0.6 is 0 Å². The molecule has 5 aromatic rings. The summed E-state index contributed by atoms with van der Waals surface area (Å²) in [6.07, 6.45) is 3.33. The van der Waals surface area contributed by atoms with E-state index in [1.165, 1.54) is 0 Å². The van der Waals surface area contributed by atoms with E-state index in [4.69, 9.17) is 10.8 Å². The minimum atomic E-state index is -0.740. The number of hydrogen-bond acceptors (Lipinski definition) is 4. The van der Waals surface area contributed by atoms with Crippen LogP contribution in [0.3, 0.4) is 0 Å². The number of hydrogen-bond donors (Lipinski definition) is 2. The lowest BCUT2D eigenvalue weighted by Crippen LogP contribution is -2.38. The summed E-state index contributed by atoms with van der Waals surface area (Å²) in [4.78, 5) is 12.2. The molecule has 0 spiro atoms. The minimum Gasteiger partial charge on any atom is -0.394 e. The molecule has 2 aromatic heterocycles. The molecule has 6 rings (SSSR count). The maximum Gasteiger partial charge on any atom is 0.269 e. The number of aromatic nitrogens is 4. The maximum absolute atomic E-state index is 12.2. The number of rotatable bonds is 7. The molecule has 184 valence electrons. The fraction of sp³-hybridized carbons (Fsp3) is 0.167. The fourth-order valence-corrected chi connectivity index (χ4v) is 5.63. The third-order valence-corrected chi connectivity index (χ3v) is 7.17. The van der Waals surface area contributed by atoms with Crippen LogP contribution in [0.2, 0.25) is 0 Å². The van der Waals surface area contributed by atoms with Crippen molar-refractivity contribution < 1.29 is 9.90 Å². The Bertz CT molecular complexity index is 1460. The predicted octanol–water partition coefficient (Wildman–Crippen LogP) is 3.78. The molecular weight excluding hydrogens is 462 g/mol. The van der Waals surface area contributed by atoms with Gasteiger partial charge in [-0.05, 0) is 29.5 Å². The summed E-state index contributed by atoms with van der Waals surface area (Å²) >= 11 is 0. The van der Waals surface area contributed by atoms with Crippen LogP contribution in [0.5, 0.6) is 0 Å². The van der Waals surface area contributed by atoms with E-state index in [1.807, 2.05) is 59.3 Å². The summed E-state index contributed by atoms with van der Waals surface area (Å²) in [5.74, 6) is -0.559. The summed E-state index contributed by atoms with van der Waals surface area (Å²) in [5, 5.41) is 19.4. The lowest BCUT2D eigenvalue weighted by atomic mass is 9.77. The Kier molecular flexibility index (Phi) is 5.70. The number of nitrogens with zero attached hydrogens (tertiary/aromatic N) is 4. The first kappa shape index (κ1) is 22.9. The Morgan fingerprint density at radius 1 is 0.838 bits per heavy atom. The molecule has 1 aliphatic rings. The summed E-state index contributed by atoms with van der Waals surface area (Å²) in [5.41, 5.74) is 11.9. The van der Waals surface area contributed by atoms with Gasteiger partial charge in [-0.2, -0.15) is 10.2 Å². The summed E-state index contributed by atoms with van der Waals surface area (Å²) in [6.45, 7) is 0.166. The Balaban J connectivity index is 1.67. The molecule has 7 heteroatoms. The number of carbonyl (C=O) groups excluding carboxylic acids is 1. The zero-order valence-corrected chi connectivity index (χ0v) is 20.3. The summed E-state index contributed by atoms with van der Waals surface area (Å²) in [6, 6.07) is 31.1. The molecule has 0 saturated heterocycles. The van der Waals surface area contributed by atoms with Crippen LogP contribution in [-0.2, 0) is 24.9 Å².